The van der Waals surface area contributed by atoms with Gasteiger partial charge in [-0.05, 0) is 54.0 Å². The molecule has 2 aliphatic rings. The van der Waals surface area contributed by atoms with Gasteiger partial charge in [-0.3, -0.25) is 0 Å². The van der Waals surface area contributed by atoms with E-state index in [1.54, 1.807) is 7.11 Å². The summed E-state index contributed by atoms with van der Waals surface area (Å²) in [6.45, 7) is 3.21. The molecular weight excluding hydrogens is 326 g/mol. The average Bonchev–Trinajstić information content (AvgIpc) is 3.11. The van der Waals surface area contributed by atoms with E-state index in [1.807, 2.05) is 6.07 Å². The van der Waals surface area contributed by atoms with Crippen molar-refractivity contribution in [2.45, 2.75) is 25.4 Å². The standard InChI is InChI=1S/C22H27NO3/c1-24-20-7-6-19(22-15-23-9-11-26-22)14-21(20)25-10-8-16-12-17-4-2-3-5-18(17)13-16/h2-7,14,16,22-23H,8-13,15H2,1H3. The number of rotatable bonds is 6. The fraction of sp³-hybridized carbons (Fsp3) is 0.455. The topological polar surface area (TPSA) is 39.7 Å². The molecule has 26 heavy (non-hydrogen) atoms. The van der Waals surface area contributed by atoms with Crippen LogP contribution in [0.15, 0.2) is 42.5 Å². The van der Waals surface area contributed by atoms with Gasteiger partial charge < -0.3 is 19.5 Å². The minimum atomic E-state index is 0.0846. The Labute approximate surface area is 155 Å². The predicted molar refractivity (Wildman–Crippen MR) is 102 cm³/mol. The summed E-state index contributed by atoms with van der Waals surface area (Å²) in [5, 5.41) is 3.37. The Morgan fingerprint density at radius 2 is 1.88 bits per heavy atom. The molecule has 4 heteroatoms. The quantitative estimate of drug-likeness (QED) is 0.862. The van der Waals surface area contributed by atoms with E-state index in [1.165, 1.54) is 11.1 Å². The molecule has 4 rings (SSSR count). The number of methoxy groups -OCH3 is 1. The molecule has 1 N–H and O–H groups in total. The summed E-state index contributed by atoms with van der Waals surface area (Å²) in [5.74, 6) is 2.27. The van der Waals surface area contributed by atoms with Gasteiger partial charge in [0, 0.05) is 13.1 Å². The van der Waals surface area contributed by atoms with Gasteiger partial charge in [0.05, 0.1) is 26.4 Å². The number of benzene rings is 2. The first kappa shape index (κ1) is 17.4. The van der Waals surface area contributed by atoms with Crippen molar-refractivity contribution in [3.63, 3.8) is 0 Å². The summed E-state index contributed by atoms with van der Waals surface area (Å²) in [6, 6.07) is 14.9. The Hall–Kier alpha value is -2.04. The van der Waals surface area contributed by atoms with E-state index in [2.05, 4.69) is 41.7 Å². The second-order valence-corrected chi connectivity index (χ2v) is 7.15. The van der Waals surface area contributed by atoms with Crippen molar-refractivity contribution in [3.8, 4) is 11.5 Å². The Morgan fingerprint density at radius 1 is 1.08 bits per heavy atom. The molecule has 1 aliphatic carbocycles. The fourth-order valence-electron chi connectivity index (χ4n) is 3.98. The number of morpholine rings is 1. The summed E-state index contributed by atoms with van der Waals surface area (Å²) in [5.41, 5.74) is 4.14. The van der Waals surface area contributed by atoms with Gasteiger partial charge in [0.25, 0.3) is 0 Å². The normalized spacial score (nSPS) is 20.0. The van der Waals surface area contributed by atoms with Crippen LogP contribution in [0, 0.1) is 5.92 Å². The van der Waals surface area contributed by atoms with E-state index in [0.717, 1.165) is 56.0 Å². The molecule has 1 aliphatic heterocycles. The van der Waals surface area contributed by atoms with Crippen molar-refractivity contribution in [1.82, 2.24) is 5.32 Å². The van der Waals surface area contributed by atoms with Crippen LogP contribution < -0.4 is 14.8 Å². The molecule has 1 unspecified atom stereocenters. The van der Waals surface area contributed by atoms with Crippen molar-refractivity contribution in [1.29, 1.82) is 0 Å². The van der Waals surface area contributed by atoms with Gasteiger partial charge in [-0.2, -0.15) is 0 Å². The maximum absolute atomic E-state index is 6.12. The maximum Gasteiger partial charge on any atom is 0.161 e. The highest BCUT2D eigenvalue weighted by Gasteiger charge is 2.21. The van der Waals surface area contributed by atoms with Gasteiger partial charge >= 0.3 is 0 Å². The SMILES string of the molecule is COc1ccc(C2CNCCO2)cc1OCCC1Cc2ccccc2C1. The average molecular weight is 353 g/mol. The second-order valence-electron chi connectivity index (χ2n) is 7.15. The molecule has 1 heterocycles. The zero-order valence-corrected chi connectivity index (χ0v) is 15.4. The second kappa shape index (κ2) is 8.11. The third-order valence-electron chi connectivity index (χ3n) is 5.41. The first-order chi connectivity index (χ1) is 12.8. The van der Waals surface area contributed by atoms with Gasteiger partial charge in [-0.25, -0.2) is 0 Å². The van der Waals surface area contributed by atoms with Gasteiger partial charge in [0.2, 0.25) is 0 Å². The Kier molecular flexibility index (Phi) is 5.42. The van der Waals surface area contributed by atoms with E-state index >= 15 is 0 Å². The lowest BCUT2D eigenvalue weighted by Gasteiger charge is -2.24. The first-order valence-electron chi connectivity index (χ1n) is 9.53. The molecular formula is C22H27NO3. The van der Waals surface area contributed by atoms with Gasteiger partial charge in [0.15, 0.2) is 11.5 Å². The molecule has 2 aromatic rings. The van der Waals surface area contributed by atoms with Crippen molar-refractivity contribution in [2.75, 3.05) is 33.4 Å². The first-order valence-corrected chi connectivity index (χ1v) is 9.53. The monoisotopic (exact) mass is 353 g/mol. The van der Waals surface area contributed by atoms with Crippen LogP contribution in [0.5, 0.6) is 11.5 Å². The van der Waals surface area contributed by atoms with Gasteiger partial charge in [-0.1, -0.05) is 30.3 Å². The smallest absolute Gasteiger partial charge is 0.161 e. The van der Waals surface area contributed by atoms with E-state index in [4.69, 9.17) is 14.2 Å². The van der Waals surface area contributed by atoms with Crippen LogP contribution >= 0.6 is 0 Å². The lowest BCUT2D eigenvalue weighted by atomic mass is 10.0. The molecule has 1 atom stereocenters. The number of ether oxygens (including phenoxy) is 3. The van der Waals surface area contributed by atoms with E-state index < -0.39 is 0 Å². The Balaban J connectivity index is 1.36. The summed E-state index contributed by atoms with van der Waals surface area (Å²) in [7, 11) is 1.69. The summed E-state index contributed by atoms with van der Waals surface area (Å²) >= 11 is 0. The third kappa shape index (κ3) is 3.87. The predicted octanol–water partition coefficient (Wildman–Crippen LogP) is 3.54. The minimum Gasteiger partial charge on any atom is -0.493 e. The summed E-state index contributed by atoms with van der Waals surface area (Å²) in [4.78, 5) is 0. The fourth-order valence-corrected chi connectivity index (χ4v) is 3.98. The summed E-state index contributed by atoms with van der Waals surface area (Å²) in [6.07, 6.45) is 3.47. The Morgan fingerprint density at radius 3 is 2.58 bits per heavy atom. The van der Waals surface area contributed by atoms with E-state index in [9.17, 15) is 0 Å². The molecule has 1 saturated heterocycles. The molecule has 4 nitrogen and oxygen atoms in total. The number of hydrogen-bond donors (Lipinski definition) is 1. The highest BCUT2D eigenvalue weighted by molar-refractivity contribution is 5.43. The molecule has 2 aromatic carbocycles. The highest BCUT2D eigenvalue weighted by atomic mass is 16.5. The number of fused-ring (bicyclic) bond motifs is 1. The molecule has 0 spiro atoms. The molecule has 0 amide bonds. The zero-order valence-electron chi connectivity index (χ0n) is 15.4. The zero-order chi connectivity index (χ0) is 17.8. The highest BCUT2D eigenvalue weighted by Crippen LogP contribution is 2.33. The van der Waals surface area contributed by atoms with Crippen molar-refractivity contribution < 1.29 is 14.2 Å². The molecule has 138 valence electrons. The van der Waals surface area contributed by atoms with Crippen LogP contribution in [0.1, 0.15) is 29.2 Å². The maximum atomic E-state index is 6.12. The lowest BCUT2D eigenvalue weighted by Crippen LogP contribution is -2.33. The van der Waals surface area contributed by atoms with E-state index in [-0.39, 0.29) is 6.10 Å². The molecule has 0 bridgehead atoms. The molecule has 0 saturated carbocycles. The van der Waals surface area contributed by atoms with Gasteiger partial charge in [0.1, 0.15) is 0 Å². The van der Waals surface area contributed by atoms with Crippen LogP contribution in [0.25, 0.3) is 0 Å². The van der Waals surface area contributed by atoms with Crippen LogP contribution in [0.3, 0.4) is 0 Å². The van der Waals surface area contributed by atoms with Crippen LogP contribution in [0.2, 0.25) is 0 Å². The third-order valence-corrected chi connectivity index (χ3v) is 5.41. The number of hydrogen-bond acceptors (Lipinski definition) is 4. The van der Waals surface area contributed by atoms with Crippen LogP contribution in [0.4, 0.5) is 0 Å². The molecule has 1 fully saturated rings. The van der Waals surface area contributed by atoms with Gasteiger partial charge in [-0.15, -0.1) is 0 Å². The van der Waals surface area contributed by atoms with Crippen molar-refractivity contribution in [2.24, 2.45) is 5.92 Å². The molecule has 0 aromatic heterocycles. The molecule has 0 radical (unpaired) electrons. The van der Waals surface area contributed by atoms with Crippen LogP contribution in [-0.2, 0) is 17.6 Å². The van der Waals surface area contributed by atoms with E-state index in [0.29, 0.717) is 12.5 Å². The van der Waals surface area contributed by atoms with Crippen molar-refractivity contribution in [3.05, 3.63) is 59.2 Å². The Bertz CT molecular complexity index is 715. The summed E-state index contributed by atoms with van der Waals surface area (Å²) < 4.78 is 17.5. The lowest BCUT2D eigenvalue weighted by molar-refractivity contribution is 0.0275. The number of nitrogens with one attached hydrogen (secondary N) is 1. The van der Waals surface area contributed by atoms with Crippen LogP contribution in [-0.4, -0.2) is 33.4 Å². The largest absolute Gasteiger partial charge is 0.493 e. The minimum absolute atomic E-state index is 0.0846. The van der Waals surface area contributed by atoms with Crippen molar-refractivity contribution >= 4 is 0 Å².